The van der Waals surface area contributed by atoms with Crippen molar-refractivity contribution in [3.8, 4) is 0 Å². The third kappa shape index (κ3) is 3.51. The molecule has 0 unspecified atom stereocenters. The van der Waals surface area contributed by atoms with Gasteiger partial charge in [-0.15, -0.1) is 0 Å². The molecule has 2 fully saturated rings. The summed E-state index contributed by atoms with van der Waals surface area (Å²) in [6.45, 7) is 3.51. The lowest BCUT2D eigenvalue weighted by atomic mass is 10.00. The Labute approximate surface area is 120 Å². The van der Waals surface area contributed by atoms with Crippen molar-refractivity contribution in [2.75, 3.05) is 7.05 Å². The quantitative estimate of drug-likeness (QED) is 0.721. The van der Waals surface area contributed by atoms with Crippen LogP contribution in [0.15, 0.2) is 0 Å². The van der Waals surface area contributed by atoms with E-state index >= 15 is 0 Å². The number of piperidine rings is 1. The van der Waals surface area contributed by atoms with E-state index in [4.69, 9.17) is 9.47 Å². The van der Waals surface area contributed by atoms with Crippen molar-refractivity contribution in [3.05, 3.63) is 0 Å². The Bertz CT molecular complexity index is 371. The minimum Gasteiger partial charge on any atom is -0.462 e. The standard InChI is InChI=1S/C15H25NO4/c1-4-5-6-15(18)20-12-7-11-8-14(19-10(2)17)13(9-12)16(11)3/h11-14H,4-9H2,1-3H3/t11-,12-,13+,14-/m0/s1. The Morgan fingerprint density at radius 3 is 2.60 bits per heavy atom. The molecule has 0 spiro atoms. The Balaban J connectivity index is 1.88. The first kappa shape index (κ1) is 15.3. The van der Waals surface area contributed by atoms with Gasteiger partial charge < -0.3 is 9.47 Å². The molecule has 114 valence electrons. The van der Waals surface area contributed by atoms with Gasteiger partial charge in [0, 0.05) is 38.6 Å². The number of carbonyl (C=O) groups is 2. The second-order valence-electron chi connectivity index (χ2n) is 5.96. The van der Waals surface area contributed by atoms with Gasteiger partial charge in [0.15, 0.2) is 0 Å². The highest BCUT2D eigenvalue weighted by Gasteiger charge is 2.47. The van der Waals surface area contributed by atoms with Crippen molar-refractivity contribution in [2.45, 2.75) is 76.7 Å². The maximum atomic E-state index is 11.7. The number of rotatable bonds is 5. The fourth-order valence-electron chi connectivity index (χ4n) is 3.38. The summed E-state index contributed by atoms with van der Waals surface area (Å²) in [6.07, 6.45) is 4.78. The van der Waals surface area contributed by atoms with E-state index in [0.717, 1.165) is 32.1 Å². The van der Waals surface area contributed by atoms with Crippen LogP contribution in [0.4, 0.5) is 0 Å². The lowest BCUT2D eigenvalue weighted by Gasteiger charge is -2.36. The van der Waals surface area contributed by atoms with Gasteiger partial charge in [-0.3, -0.25) is 14.5 Å². The van der Waals surface area contributed by atoms with Crippen LogP contribution in [0.25, 0.3) is 0 Å². The first-order valence-corrected chi connectivity index (χ1v) is 7.59. The zero-order valence-corrected chi connectivity index (χ0v) is 12.6. The fraction of sp³-hybridized carbons (Fsp3) is 0.867. The second-order valence-corrected chi connectivity index (χ2v) is 5.96. The van der Waals surface area contributed by atoms with Crippen LogP contribution >= 0.6 is 0 Å². The largest absolute Gasteiger partial charge is 0.462 e. The number of esters is 2. The first-order valence-electron chi connectivity index (χ1n) is 7.59. The highest BCUT2D eigenvalue weighted by molar-refractivity contribution is 5.69. The molecule has 0 amide bonds. The summed E-state index contributed by atoms with van der Waals surface area (Å²) in [5.41, 5.74) is 0. The summed E-state index contributed by atoms with van der Waals surface area (Å²) in [5, 5.41) is 0. The van der Waals surface area contributed by atoms with E-state index in [2.05, 4.69) is 18.9 Å². The lowest BCUT2D eigenvalue weighted by Crippen LogP contribution is -2.46. The van der Waals surface area contributed by atoms with Gasteiger partial charge in [-0.2, -0.15) is 0 Å². The van der Waals surface area contributed by atoms with Crippen molar-refractivity contribution >= 4 is 11.9 Å². The van der Waals surface area contributed by atoms with Crippen LogP contribution in [-0.2, 0) is 19.1 Å². The molecule has 2 aliphatic rings. The van der Waals surface area contributed by atoms with Crippen LogP contribution in [0.3, 0.4) is 0 Å². The molecule has 0 aromatic rings. The summed E-state index contributed by atoms with van der Waals surface area (Å²) in [5.74, 6) is -0.322. The van der Waals surface area contributed by atoms with E-state index in [1.807, 2.05) is 0 Å². The average molecular weight is 283 g/mol. The molecule has 0 N–H and O–H groups in total. The van der Waals surface area contributed by atoms with Crippen LogP contribution in [0.1, 0.15) is 52.4 Å². The number of unbranched alkanes of at least 4 members (excludes halogenated alkanes) is 1. The van der Waals surface area contributed by atoms with Gasteiger partial charge >= 0.3 is 11.9 Å². The highest BCUT2D eigenvalue weighted by Crippen LogP contribution is 2.37. The van der Waals surface area contributed by atoms with E-state index in [-0.39, 0.29) is 30.2 Å². The first-order chi connectivity index (χ1) is 9.51. The topological polar surface area (TPSA) is 55.8 Å². The molecule has 0 aromatic carbocycles. The van der Waals surface area contributed by atoms with Crippen molar-refractivity contribution < 1.29 is 19.1 Å². The smallest absolute Gasteiger partial charge is 0.306 e. The van der Waals surface area contributed by atoms with Gasteiger partial charge in [-0.1, -0.05) is 13.3 Å². The van der Waals surface area contributed by atoms with Gasteiger partial charge in [0.2, 0.25) is 0 Å². The van der Waals surface area contributed by atoms with Gasteiger partial charge in [-0.05, 0) is 13.5 Å². The number of nitrogens with zero attached hydrogens (tertiary/aromatic N) is 1. The molecule has 5 nitrogen and oxygen atoms in total. The monoisotopic (exact) mass is 283 g/mol. The van der Waals surface area contributed by atoms with Crippen molar-refractivity contribution in [2.24, 2.45) is 0 Å². The zero-order valence-electron chi connectivity index (χ0n) is 12.6. The Morgan fingerprint density at radius 1 is 1.20 bits per heavy atom. The molecule has 4 atom stereocenters. The van der Waals surface area contributed by atoms with Gasteiger partial charge in [0.05, 0.1) is 6.04 Å². The molecule has 0 saturated carbocycles. The maximum Gasteiger partial charge on any atom is 0.306 e. The molecule has 0 aromatic heterocycles. The van der Waals surface area contributed by atoms with Crippen molar-refractivity contribution in [1.29, 1.82) is 0 Å². The van der Waals surface area contributed by atoms with Gasteiger partial charge in [0.25, 0.3) is 0 Å². The lowest BCUT2D eigenvalue weighted by molar-refractivity contribution is -0.155. The summed E-state index contributed by atoms with van der Waals surface area (Å²) in [6, 6.07) is 0.531. The minimum absolute atomic E-state index is 0.0221. The summed E-state index contributed by atoms with van der Waals surface area (Å²) < 4.78 is 11.0. The molecule has 2 bridgehead atoms. The van der Waals surface area contributed by atoms with E-state index < -0.39 is 0 Å². The molecule has 2 aliphatic heterocycles. The summed E-state index contributed by atoms with van der Waals surface area (Å²) in [4.78, 5) is 25.1. The number of likely N-dealkylation sites (N-methyl/N-ethyl adjacent to an activating group) is 1. The molecule has 20 heavy (non-hydrogen) atoms. The number of ether oxygens (including phenoxy) is 2. The summed E-state index contributed by atoms with van der Waals surface area (Å²) in [7, 11) is 2.06. The molecule has 2 heterocycles. The predicted molar refractivity (Wildman–Crippen MR) is 74.1 cm³/mol. The SMILES string of the molecule is CCCCC(=O)O[C@H]1C[C@H]2C[C@H](OC(C)=O)[C@@H](C1)N2C. The average Bonchev–Trinajstić information content (AvgIpc) is 2.57. The molecule has 2 saturated heterocycles. The number of hydrogen-bond donors (Lipinski definition) is 0. The normalized spacial score (nSPS) is 33.0. The second kappa shape index (κ2) is 6.57. The Morgan fingerprint density at radius 2 is 1.95 bits per heavy atom. The van der Waals surface area contributed by atoms with E-state index in [1.165, 1.54) is 6.92 Å². The van der Waals surface area contributed by atoms with Crippen molar-refractivity contribution in [1.82, 2.24) is 4.90 Å². The molecular formula is C15H25NO4. The van der Waals surface area contributed by atoms with Gasteiger partial charge in [-0.25, -0.2) is 0 Å². The van der Waals surface area contributed by atoms with Crippen LogP contribution in [0.5, 0.6) is 0 Å². The minimum atomic E-state index is -0.229. The maximum absolute atomic E-state index is 11.7. The van der Waals surface area contributed by atoms with Crippen LogP contribution in [0.2, 0.25) is 0 Å². The third-order valence-corrected chi connectivity index (χ3v) is 4.42. The fourth-order valence-corrected chi connectivity index (χ4v) is 3.38. The zero-order chi connectivity index (χ0) is 14.7. The Hall–Kier alpha value is -1.10. The van der Waals surface area contributed by atoms with Crippen LogP contribution < -0.4 is 0 Å². The number of hydrogen-bond acceptors (Lipinski definition) is 5. The molecule has 0 aliphatic carbocycles. The molecule has 0 radical (unpaired) electrons. The highest BCUT2D eigenvalue weighted by atomic mass is 16.6. The van der Waals surface area contributed by atoms with Crippen LogP contribution in [0, 0.1) is 0 Å². The van der Waals surface area contributed by atoms with E-state index in [1.54, 1.807) is 0 Å². The number of fused-ring (bicyclic) bond motifs is 2. The Kier molecular flexibility index (Phi) is 5.02. The molecular weight excluding hydrogens is 258 g/mol. The molecule has 2 rings (SSSR count). The van der Waals surface area contributed by atoms with E-state index in [0.29, 0.717) is 12.5 Å². The van der Waals surface area contributed by atoms with Crippen LogP contribution in [-0.4, -0.2) is 48.2 Å². The molecule has 5 heteroatoms. The third-order valence-electron chi connectivity index (χ3n) is 4.42. The van der Waals surface area contributed by atoms with E-state index in [9.17, 15) is 9.59 Å². The van der Waals surface area contributed by atoms with Gasteiger partial charge in [0.1, 0.15) is 12.2 Å². The summed E-state index contributed by atoms with van der Waals surface area (Å²) >= 11 is 0. The predicted octanol–water partition coefficient (Wildman–Crippen LogP) is 1.89. The van der Waals surface area contributed by atoms with Crippen molar-refractivity contribution in [3.63, 3.8) is 0 Å². The number of carbonyl (C=O) groups excluding carboxylic acids is 2.